The number of hydrogen-bond acceptors (Lipinski definition) is 3. The van der Waals surface area contributed by atoms with Gasteiger partial charge < -0.3 is 14.4 Å². The van der Waals surface area contributed by atoms with Gasteiger partial charge in [0.05, 0.1) is 24.3 Å². The standard InChI is InChI=1S/C15H20N2O2/c1-4-17-10-16-8-14(17)9-19-15-6-5-13(12(3)18)7-11(15)2/h5-8,10,12,18H,4,9H2,1-3H3/t12-/m1/s1. The van der Waals surface area contributed by atoms with Crippen molar-refractivity contribution >= 4 is 0 Å². The average molecular weight is 260 g/mol. The van der Waals surface area contributed by atoms with E-state index in [2.05, 4.69) is 16.5 Å². The molecule has 4 nitrogen and oxygen atoms in total. The maximum Gasteiger partial charge on any atom is 0.130 e. The Morgan fingerprint density at radius 3 is 2.84 bits per heavy atom. The van der Waals surface area contributed by atoms with Gasteiger partial charge in [-0.15, -0.1) is 0 Å². The lowest BCUT2D eigenvalue weighted by Crippen LogP contribution is -2.04. The fraction of sp³-hybridized carbons (Fsp3) is 0.400. The van der Waals surface area contributed by atoms with E-state index in [1.165, 1.54) is 0 Å². The molecule has 1 aromatic heterocycles. The van der Waals surface area contributed by atoms with Crippen molar-refractivity contribution in [2.24, 2.45) is 0 Å². The topological polar surface area (TPSA) is 47.3 Å². The van der Waals surface area contributed by atoms with Gasteiger partial charge in [-0.3, -0.25) is 0 Å². The molecule has 0 aliphatic heterocycles. The number of aliphatic hydroxyl groups is 1. The highest BCUT2D eigenvalue weighted by molar-refractivity contribution is 5.37. The lowest BCUT2D eigenvalue weighted by molar-refractivity contribution is 0.199. The van der Waals surface area contributed by atoms with Crippen molar-refractivity contribution in [3.63, 3.8) is 0 Å². The molecule has 0 bridgehead atoms. The van der Waals surface area contributed by atoms with E-state index in [-0.39, 0.29) is 0 Å². The highest BCUT2D eigenvalue weighted by Gasteiger charge is 2.07. The minimum absolute atomic E-state index is 0.450. The van der Waals surface area contributed by atoms with Gasteiger partial charge in [0.25, 0.3) is 0 Å². The molecule has 1 aromatic carbocycles. The van der Waals surface area contributed by atoms with E-state index in [4.69, 9.17) is 4.74 Å². The Kier molecular flexibility index (Phi) is 4.22. The number of aromatic nitrogens is 2. The van der Waals surface area contributed by atoms with Crippen LogP contribution in [-0.4, -0.2) is 14.7 Å². The Labute approximate surface area is 113 Å². The first-order valence-corrected chi connectivity index (χ1v) is 6.52. The summed E-state index contributed by atoms with van der Waals surface area (Å²) in [5.74, 6) is 0.841. The second-order valence-corrected chi connectivity index (χ2v) is 4.66. The van der Waals surface area contributed by atoms with Gasteiger partial charge in [0.1, 0.15) is 12.4 Å². The normalized spacial score (nSPS) is 12.4. The van der Waals surface area contributed by atoms with Crippen LogP contribution in [0.15, 0.2) is 30.7 Å². The van der Waals surface area contributed by atoms with Crippen LogP contribution in [0.3, 0.4) is 0 Å². The van der Waals surface area contributed by atoms with E-state index in [1.807, 2.05) is 37.6 Å². The van der Waals surface area contributed by atoms with Crippen LogP contribution in [-0.2, 0) is 13.2 Å². The molecule has 0 spiro atoms. The Morgan fingerprint density at radius 2 is 2.21 bits per heavy atom. The van der Waals surface area contributed by atoms with Gasteiger partial charge in [0.15, 0.2) is 0 Å². The zero-order chi connectivity index (χ0) is 13.8. The number of benzene rings is 1. The van der Waals surface area contributed by atoms with Gasteiger partial charge in [0, 0.05) is 6.54 Å². The summed E-state index contributed by atoms with van der Waals surface area (Å²) in [7, 11) is 0. The number of hydrogen-bond donors (Lipinski definition) is 1. The van der Waals surface area contributed by atoms with Crippen molar-refractivity contribution in [3.8, 4) is 5.75 Å². The van der Waals surface area contributed by atoms with E-state index in [0.717, 1.165) is 29.1 Å². The first-order chi connectivity index (χ1) is 9.11. The molecule has 0 aliphatic rings. The van der Waals surface area contributed by atoms with Gasteiger partial charge in [-0.2, -0.15) is 0 Å². The quantitative estimate of drug-likeness (QED) is 0.899. The molecule has 102 valence electrons. The van der Waals surface area contributed by atoms with Crippen LogP contribution in [0.4, 0.5) is 0 Å². The Balaban J connectivity index is 2.08. The van der Waals surface area contributed by atoms with Gasteiger partial charge >= 0.3 is 0 Å². The first-order valence-electron chi connectivity index (χ1n) is 6.52. The molecule has 19 heavy (non-hydrogen) atoms. The molecule has 2 rings (SSSR count). The molecular formula is C15H20N2O2. The molecule has 0 aliphatic carbocycles. The smallest absolute Gasteiger partial charge is 0.130 e. The van der Waals surface area contributed by atoms with Gasteiger partial charge in [-0.25, -0.2) is 4.98 Å². The predicted octanol–water partition coefficient (Wildman–Crippen LogP) is 2.84. The third kappa shape index (κ3) is 3.15. The van der Waals surface area contributed by atoms with Crippen molar-refractivity contribution < 1.29 is 9.84 Å². The van der Waals surface area contributed by atoms with Crippen molar-refractivity contribution in [2.75, 3.05) is 0 Å². The van der Waals surface area contributed by atoms with Crippen molar-refractivity contribution in [1.82, 2.24) is 9.55 Å². The third-order valence-corrected chi connectivity index (χ3v) is 3.20. The van der Waals surface area contributed by atoms with E-state index in [9.17, 15) is 5.11 Å². The van der Waals surface area contributed by atoms with Gasteiger partial charge in [-0.05, 0) is 44.0 Å². The highest BCUT2D eigenvalue weighted by Crippen LogP contribution is 2.23. The van der Waals surface area contributed by atoms with Gasteiger partial charge in [0.2, 0.25) is 0 Å². The second kappa shape index (κ2) is 5.89. The molecule has 1 heterocycles. The number of aliphatic hydroxyl groups excluding tert-OH is 1. The summed E-state index contributed by atoms with van der Waals surface area (Å²) in [5, 5.41) is 9.54. The molecule has 0 radical (unpaired) electrons. The Bertz CT molecular complexity index is 547. The summed E-state index contributed by atoms with van der Waals surface area (Å²) < 4.78 is 7.87. The molecule has 0 fully saturated rings. The van der Waals surface area contributed by atoms with Crippen molar-refractivity contribution in [3.05, 3.63) is 47.5 Å². The molecule has 2 aromatic rings. The third-order valence-electron chi connectivity index (χ3n) is 3.20. The first kappa shape index (κ1) is 13.6. The number of ether oxygens (including phenoxy) is 1. The predicted molar refractivity (Wildman–Crippen MR) is 74.0 cm³/mol. The monoisotopic (exact) mass is 260 g/mol. The lowest BCUT2D eigenvalue weighted by atomic mass is 10.1. The summed E-state index contributed by atoms with van der Waals surface area (Å²) >= 11 is 0. The summed E-state index contributed by atoms with van der Waals surface area (Å²) in [5.41, 5.74) is 2.99. The largest absolute Gasteiger partial charge is 0.487 e. The number of aryl methyl sites for hydroxylation is 2. The van der Waals surface area contributed by atoms with Crippen molar-refractivity contribution in [2.45, 2.75) is 40.0 Å². The van der Waals surface area contributed by atoms with Crippen LogP contribution in [0.2, 0.25) is 0 Å². The minimum atomic E-state index is -0.450. The van der Waals surface area contributed by atoms with Crippen molar-refractivity contribution in [1.29, 1.82) is 0 Å². The summed E-state index contributed by atoms with van der Waals surface area (Å²) in [6, 6.07) is 5.76. The zero-order valence-electron chi connectivity index (χ0n) is 11.6. The maximum absolute atomic E-state index is 9.54. The fourth-order valence-electron chi connectivity index (χ4n) is 2.00. The molecule has 0 unspecified atom stereocenters. The number of nitrogens with zero attached hydrogens (tertiary/aromatic N) is 2. The van der Waals surface area contributed by atoms with E-state index in [0.29, 0.717) is 6.61 Å². The SMILES string of the molecule is CCn1cncc1COc1ccc([C@@H](C)O)cc1C. The van der Waals surface area contributed by atoms with E-state index < -0.39 is 6.10 Å². The van der Waals surface area contributed by atoms with Crippen LogP contribution in [0.25, 0.3) is 0 Å². The van der Waals surface area contributed by atoms with Crippen LogP contribution < -0.4 is 4.74 Å². The minimum Gasteiger partial charge on any atom is -0.487 e. The van der Waals surface area contributed by atoms with Crippen LogP contribution in [0, 0.1) is 6.92 Å². The van der Waals surface area contributed by atoms with Crippen LogP contribution in [0.1, 0.15) is 36.8 Å². The zero-order valence-corrected chi connectivity index (χ0v) is 11.6. The lowest BCUT2D eigenvalue weighted by Gasteiger charge is -2.12. The molecule has 0 amide bonds. The second-order valence-electron chi connectivity index (χ2n) is 4.66. The van der Waals surface area contributed by atoms with E-state index >= 15 is 0 Å². The average Bonchev–Trinajstić information content (AvgIpc) is 2.84. The highest BCUT2D eigenvalue weighted by atomic mass is 16.5. The Morgan fingerprint density at radius 1 is 1.42 bits per heavy atom. The molecule has 0 saturated heterocycles. The Hall–Kier alpha value is -1.81. The molecule has 0 saturated carbocycles. The number of rotatable bonds is 5. The summed E-state index contributed by atoms with van der Waals surface area (Å²) in [6.07, 6.45) is 3.18. The van der Waals surface area contributed by atoms with Gasteiger partial charge in [-0.1, -0.05) is 6.07 Å². The maximum atomic E-state index is 9.54. The molecule has 4 heteroatoms. The van der Waals surface area contributed by atoms with Crippen LogP contribution in [0.5, 0.6) is 5.75 Å². The van der Waals surface area contributed by atoms with E-state index in [1.54, 1.807) is 6.92 Å². The molecule has 1 atom stereocenters. The summed E-state index contributed by atoms with van der Waals surface area (Å²) in [6.45, 7) is 7.21. The summed E-state index contributed by atoms with van der Waals surface area (Å²) in [4.78, 5) is 4.11. The molecular weight excluding hydrogens is 240 g/mol. The molecule has 1 N–H and O–H groups in total. The number of imidazole rings is 1. The van der Waals surface area contributed by atoms with Crippen LogP contribution >= 0.6 is 0 Å². The fourth-order valence-corrected chi connectivity index (χ4v) is 2.00.